The molecule has 0 unspecified atom stereocenters. The van der Waals surface area contributed by atoms with Gasteiger partial charge in [0, 0.05) is 6.61 Å². The topological polar surface area (TPSA) is 9.23 Å². The first-order chi connectivity index (χ1) is 9.07. The van der Waals surface area contributed by atoms with E-state index in [-0.39, 0.29) is 0 Å². The van der Waals surface area contributed by atoms with E-state index in [2.05, 4.69) is 41.5 Å². The van der Waals surface area contributed by atoms with Crippen molar-refractivity contribution >= 4 is 16.4 Å². The zero-order valence-corrected chi connectivity index (χ0v) is 16.5. The van der Waals surface area contributed by atoms with Gasteiger partial charge in [-0.1, -0.05) is 72.1 Å². The maximum Gasteiger partial charge on any atom is 0.191 e. The molecule has 0 saturated carbocycles. The number of unbranched alkanes of at least 4 members (excludes halogenated alkanes) is 1. The van der Waals surface area contributed by atoms with Crippen molar-refractivity contribution in [1.82, 2.24) is 0 Å². The summed E-state index contributed by atoms with van der Waals surface area (Å²) >= 11 is 0. The molecule has 0 aliphatic rings. The first-order valence-electron chi connectivity index (χ1n) is 8.71. The SMILES string of the molecule is CC[Si](CC)(CC)CCCCO[Si](CC)(CC)CC. The Labute approximate surface area is 124 Å². The van der Waals surface area contributed by atoms with E-state index in [1.165, 1.54) is 55.2 Å². The van der Waals surface area contributed by atoms with E-state index in [0.717, 1.165) is 6.61 Å². The summed E-state index contributed by atoms with van der Waals surface area (Å²) in [5.74, 6) is 0. The maximum atomic E-state index is 6.35. The number of hydrogen-bond acceptors (Lipinski definition) is 1. The second kappa shape index (κ2) is 10.2. The van der Waals surface area contributed by atoms with Crippen LogP contribution in [-0.4, -0.2) is 23.0 Å². The fraction of sp³-hybridized carbons (Fsp3) is 1.00. The van der Waals surface area contributed by atoms with Crippen LogP contribution in [0.25, 0.3) is 0 Å². The summed E-state index contributed by atoms with van der Waals surface area (Å²) in [6, 6.07) is 9.81. The van der Waals surface area contributed by atoms with Crippen LogP contribution < -0.4 is 0 Å². The van der Waals surface area contributed by atoms with Gasteiger partial charge in [-0.2, -0.15) is 0 Å². The van der Waals surface area contributed by atoms with Crippen molar-refractivity contribution in [2.24, 2.45) is 0 Å². The highest BCUT2D eigenvalue weighted by molar-refractivity contribution is 6.79. The lowest BCUT2D eigenvalue weighted by Crippen LogP contribution is -2.36. The Morgan fingerprint density at radius 1 is 0.632 bits per heavy atom. The molecule has 0 atom stereocenters. The number of rotatable bonds is 12. The molecule has 0 aromatic heterocycles. The first kappa shape index (κ1) is 19.4. The van der Waals surface area contributed by atoms with Crippen LogP contribution >= 0.6 is 0 Å². The summed E-state index contributed by atoms with van der Waals surface area (Å²) in [6.07, 6.45) is 2.70. The molecule has 0 bridgehead atoms. The van der Waals surface area contributed by atoms with Crippen LogP contribution in [0, 0.1) is 0 Å². The average Bonchev–Trinajstić information content (AvgIpc) is 2.48. The largest absolute Gasteiger partial charge is 0.417 e. The highest BCUT2D eigenvalue weighted by atomic mass is 28.4. The smallest absolute Gasteiger partial charge is 0.191 e. The van der Waals surface area contributed by atoms with Gasteiger partial charge in [-0.15, -0.1) is 0 Å². The highest BCUT2D eigenvalue weighted by Gasteiger charge is 2.29. The van der Waals surface area contributed by atoms with E-state index in [9.17, 15) is 0 Å². The first-order valence-corrected chi connectivity index (χ1v) is 14.1. The van der Waals surface area contributed by atoms with Crippen LogP contribution in [-0.2, 0) is 4.43 Å². The fourth-order valence-electron chi connectivity index (χ4n) is 3.23. The number of hydrogen-bond donors (Lipinski definition) is 0. The molecule has 0 aromatic rings. The maximum absolute atomic E-state index is 6.35. The molecule has 0 radical (unpaired) electrons. The second-order valence-corrected chi connectivity index (χ2v) is 16.5. The normalized spacial score (nSPS) is 12.9. The van der Waals surface area contributed by atoms with Crippen LogP contribution in [0.4, 0.5) is 0 Å². The molecular weight excluding hydrogens is 264 g/mol. The Hall–Kier alpha value is 0.394. The van der Waals surface area contributed by atoms with E-state index in [4.69, 9.17) is 4.43 Å². The highest BCUT2D eigenvalue weighted by Crippen LogP contribution is 2.27. The molecule has 0 aliphatic carbocycles. The lowest BCUT2D eigenvalue weighted by molar-refractivity contribution is 0.291. The summed E-state index contributed by atoms with van der Waals surface area (Å²) in [5, 5.41) is 0. The van der Waals surface area contributed by atoms with Crippen LogP contribution in [0.3, 0.4) is 0 Å². The standard InChI is InChI=1S/C16H38OSi2/c1-7-18(8-2,9-3)16-14-13-15-17-19(10-4,11-5)12-6/h7-16H2,1-6H3. The molecule has 0 aromatic carbocycles. The molecular formula is C16H38OSi2. The van der Waals surface area contributed by atoms with Gasteiger partial charge in [0.1, 0.15) is 0 Å². The summed E-state index contributed by atoms with van der Waals surface area (Å²) in [5.41, 5.74) is 0. The molecule has 0 saturated heterocycles. The van der Waals surface area contributed by atoms with Gasteiger partial charge in [-0.3, -0.25) is 0 Å². The minimum absolute atomic E-state index is 0.882. The zero-order valence-electron chi connectivity index (χ0n) is 14.5. The predicted octanol–water partition coefficient (Wildman–Crippen LogP) is 6.30. The van der Waals surface area contributed by atoms with Gasteiger partial charge in [-0.05, 0) is 24.6 Å². The van der Waals surface area contributed by atoms with Gasteiger partial charge in [0.15, 0.2) is 8.32 Å². The van der Waals surface area contributed by atoms with E-state index >= 15 is 0 Å². The second-order valence-electron chi connectivity index (χ2n) is 6.11. The van der Waals surface area contributed by atoms with Crippen molar-refractivity contribution in [1.29, 1.82) is 0 Å². The molecule has 0 amide bonds. The van der Waals surface area contributed by atoms with Crippen LogP contribution in [0.2, 0.25) is 42.3 Å². The van der Waals surface area contributed by atoms with E-state index in [1.54, 1.807) is 0 Å². The Kier molecular flexibility index (Phi) is 10.4. The molecule has 1 nitrogen and oxygen atoms in total. The summed E-state index contributed by atoms with van der Waals surface area (Å²) in [4.78, 5) is 0. The summed E-state index contributed by atoms with van der Waals surface area (Å²) in [7, 11) is -2.21. The van der Waals surface area contributed by atoms with Gasteiger partial charge in [0.25, 0.3) is 0 Å². The van der Waals surface area contributed by atoms with E-state index < -0.39 is 16.4 Å². The Morgan fingerprint density at radius 2 is 1.11 bits per heavy atom. The Morgan fingerprint density at radius 3 is 1.47 bits per heavy atom. The van der Waals surface area contributed by atoms with Crippen LogP contribution in [0.5, 0.6) is 0 Å². The van der Waals surface area contributed by atoms with Crippen molar-refractivity contribution in [3.8, 4) is 0 Å². The quantitative estimate of drug-likeness (QED) is 0.304. The Balaban J connectivity index is 3.98. The molecule has 0 rings (SSSR count). The molecule has 19 heavy (non-hydrogen) atoms. The van der Waals surface area contributed by atoms with Gasteiger partial charge in [0.2, 0.25) is 0 Å². The molecule has 0 aliphatic heterocycles. The van der Waals surface area contributed by atoms with E-state index in [1.807, 2.05) is 0 Å². The third kappa shape index (κ3) is 6.13. The van der Waals surface area contributed by atoms with Crippen molar-refractivity contribution in [3.63, 3.8) is 0 Å². The zero-order chi connectivity index (χ0) is 14.8. The summed E-state index contributed by atoms with van der Waals surface area (Å²) in [6.45, 7) is 15.2. The molecule has 0 spiro atoms. The molecule has 3 heteroatoms. The third-order valence-electron chi connectivity index (χ3n) is 5.69. The predicted molar refractivity (Wildman–Crippen MR) is 94.4 cm³/mol. The molecule has 116 valence electrons. The average molecular weight is 303 g/mol. The summed E-state index contributed by atoms with van der Waals surface area (Å²) < 4.78 is 6.35. The van der Waals surface area contributed by atoms with Gasteiger partial charge >= 0.3 is 0 Å². The molecule has 0 fully saturated rings. The van der Waals surface area contributed by atoms with Crippen LogP contribution in [0.1, 0.15) is 54.4 Å². The van der Waals surface area contributed by atoms with Gasteiger partial charge in [-0.25, -0.2) is 0 Å². The van der Waals surface area contributed by atoms with Gasteiger partial charge < -0.3 is 4.43 Å². The molecule has 0 heterocycles. The van der Waals surface area contributed by atoms with Crippen molar-refractivity contribution in [2.75, 3.05) is 6.61 Å². The van der Waals surface area contributed by atoms with Crippen molar-refractivity contribution < 1.29 is 4.43 Å². The Bertz CT molecular complexity index is 172. The minimum atomic E-state index is -1.33. The lowest BCUT2D eigenvalue weighted by Gasteiger charge is -2.30. The van der Waals surface area contributed by atoms with Crippen molar-refractivity contribution in [2.45, 2.75) is 96.7 Å². The minimum Gasteiger partial charge on any atom is -0.417 e. The fourth-order valence-corrected chi connectivity index (χ4v) is 9.48. The van der Waals surface area contributed by atoms with Gasteiger partial charge in [0.05, 0.1) is 8.07 Å². The third-order valence-corrected chi connectivity index (χ3v) is 16.3. The molecule has 0 N–H and O–H groups in total. The lowest BCUT2D eigenvalue weighted by atomic mass is 10.4. The van der Waals surface area contributed by atoms with Crippen LogP contribution in [0.15, 0.2) is 0 Å². The monoisotopic (exact) mass is 302 g/mol. The van der Waals surface area contributed by atoms with Crippen molar-refractivity contribution in [3.05, 3.63) is 0 Å². The van der Waals surface area contributed by atoms with E-state index in [0.29, 0.717) is 0 Å².